The lowest BCUT2D eigenvalue weighted by molar-refractivity contribution is -0.287. The molecule has 1 aliphatic heterocycles. The normalized spacial score (nSPS) is 31.1. The second kappa shape index (κ2) is 10.9. The molecule has 136 valence electrons. The third kappa shape index (κ3) is 7.14. The summed E-state index contributed by atoms with van der Waals surface area (Å²) in [4.78, 5) is 11.6. The molecule has 0 bridgehead atoms. The number of carbonyl (C=O) groups excluding carboxylic acids is 1. The van der Waals surface area contributed by atoms with Gasteiger partial charge in [-0.2, -0.15) is 0 Å². The van der Waals surface area contributed by atoms with Crippen molar-refractivity contribution in [2.45, 2.75) is 89.0 Å². The van der Waals surface area contributed by atoms with Crippen LogP contribution in [0.25, 0.3) is 0 Å². The van der Waals surface area contributed by atoms with Crippen LogP contribution in [0.2, 0.25) is 0 Å². The summed E-state index contributed by atoms with van der Waals surface area (Å²) in [5, 5.41) is 38.0. The SMILES string of the molecule is CCCCCCCCCC(=O)OC[C@H]1O[C@@H](O)[C@H](O)[C@@H](O)[C@@H]1O. The fraction of sp³-hybridized carbons (Fsp3) is 0.938. The highest BCUT2D eigenvalue weighted by molar-refractivity contribution is 5.69. The molecule has 0 spiro atoms. The molecule has 0 radical (unpaired) electrons. The lowest BCUT2D eigenvalue weighted by atomic mass is 9.99. The maximum absolute atomic E-state index is 11.6. The van der Waals surface area contributed by atoms with E-state index in [2.05, 4.69) is 6.92 Å². The summed E-state index contributed by atoms with van der Waals surface area (Å²) < 4.78 is 9.93. The van der Waals surface area contributed by atoms with Crippen molar-refractivity contribution in [2.75, 3.05) is 6.61 Å². The van der Waals surface area contributed by atoms with Gasteiger partial charge in [-0.1, -0.05) is 45.4 Å². The summed E-state index contributed by atoms with van der Waals surface area (Å²) in [5.74, 6) is -0.399. The van der Waals surface area contributed by atoms with Crippen molar-refractivity contribution >= 4 is 5.97 Å². The molecule has 5 atom stereocenters. The molecule has 0 aromatic heterocycles. The van der Waals surface area contributed by atoms with Gasteiger partial charge in [0.2, 0.25) is 0 Å². The Morgan fingerprint density at radius 3 is 2.17 bits per heavy atom. The molecule has 1 aliphatic rings. The molecule has 7 heteroatoms. The molecule has 7 nitrogen and oxygen atoms in total. The largest absolute Gasteiger partial charge is 0.463 e. The monoisotopic (exact) mass is 334 g/mol. The van der Waals surface area contributed by atoms with E-state index in [0.717, 1.165) is 19.3 Å². The number of rotatable bonds is 10. The Morgan fingerprint density at radius 2 is 1.52 bits per heavy atom. The lowest BCUT2D eigenvalue weighted by Crippen LogP contribution is -2.58. The molecule has 0 aromatic rings. The van der Waals surface area contributed by atoms with Crippen LogP contribution in [0, 0.1) is 0 Å². The minimum absolute atomic E-state index is 0.267. The predicted molar refractivity (Wildman–Crippen MR) is 82.5 cm³/mol. The minimum Gasteiger partial charge on any atom is -0.463 e. The zero-order valence-electron chi connectivity index (χ0n) is 13.8. The van der Waals surface area contributed by atoms with Crippen LogP contribution in [0.1, 0.15) is 58.3 Å². The van der Waals surface area contributed by atoms with E-state index in [-0.39, 0.29) is 6.61 Å². The van der Waals surface area contributed by atoms with Gasteiger partial charge in [0.05, 0.1) is 0 Å². The van der Waals surface area contributed by atoms with Gasteiger partial charge >= 0.3 is 5.97 Å². The quantitative estimate of drug-likeness (QED) is 0.339. The van der Waals surface area contributed by atoms with Gasteiger partial charge in [0, 0.05) is 6.42 Å². The van der Waals surface area contributed by atoms with Gasteiger partial charge in [0.15, 0.2) is 6.29 Å². The van der Waals surface area contributed by atoms with Gasteiger partial charge < -0.3 is 29.9 Å². The third-order valence-corrected chi connectivity index (χ3v) is 4.08. The van der Waals surface area contributed by atoms with Crippen LogP contribution in [0.15, 0.2) is 0 Å². The van der Waals surface area contributed by atoms with E-state index in [1.165, 1.54) is 25.7 Å². The van der Waals surface area contributed by atoms with Crippen LogP contribution >= 0.6 is 0 Å². The average Bonchev–Trinajstić information content (AvgIpc) is 2.54. The number of hydrogen-bond donors (Lipinski definition) is 4. The molecule has 4 N–H and O–H groups in total. The zero-order chi connectivity index (χ0) is 17.2. The summed E-state index contributed by atoms with van der Waals surface area (Å²) in [7, 11) is 0. The first-order valence-electron chi connectivity index (χ1n) is 8.50. The predicted octanol–water partition coefficient (Wildman–Crippen LogP) is 0.470. The van der Waals surface area contributed by atoms with E-state index in [1.54, 1.807) is 0 Å². The minimum atomic E-state index is -1.61. The maximum Gasteiger partial charge on any atom is 0.305 e. The van der Waals surface area contributed by atoms with Gasteiger partial charge in [-0.3, -0.25) is 4.79 Å². The first kappa shape index (κ1) is 20.3. The number of unbranched alkanes of at least 4 members (excludes halogenated alkanes) is 6. The molecule has 0 aromatic carbocycles. The fourth-order valence-corrected chi connectivity index (χ4v) is 2.54. The number of esters is 1. The Bertz CT molecular complexity index is 336. The Hall–Kier alpha value is -0.730. The first-order valence-corrected chi connectivity index (χ1v) is 8.50. The lowest BCUT2D eigenvalue weighted by Gasteiger charge is -2.37. The van der Waals surface area contributed by atoms with Crippen LogP contribution in [0.4, 0.5) is 0 Å². The standard InChI is InChI=1S/C16H30O7/c1-2-3-4-5-6-7-8-9-12(17)22-10-11-13(18)14(19)15(20)16(21)23-11/h11,13-16,18-21H,2-10H2,1H3/t11-,13-,14+,15-,16-/m1/s1. The van der Waals surface area contributed by atoms with Crippen LogP contribution < -0.4 is 0 Å². The molecule has 1 heterocycles. The van der Waals surface area contributed by atoms with Crippen molar-refractivity contribution in [1.29, 1.82) is 0 Å². The summed E-state index contributed by atoms with van der Waals surface area (Å²) in [5.41, 5.74) is 0. The van der Waals surface area contributed by atoms with Gasteiger partial charge in [0.1, 0.15) is 31.0 Å². The Kier molecular flexibility index (Phi) is 9.66. The molecule has 1 fully saturated rings. The molecule has 1 saturated heterocycles. The van der Waals surface area contributed by atoms with Crippen LogP contribution in [0.3, 0.4) is 0 Å². The van der Waals surface area contributed by atoms with Crippen molar-refractivity contribution < 1.29 is 34.7 Å². The Morgan fingerprint density at radius 1 is 0.913 bits per heavy atom. The molecule has 0 unspecified atom stereocenters. The van der Waals surface area contributed by atoms with E-state index >= 15 is 0 Å². The molecule has 0 amide bonds. The molecular formula is C16H30O7. The van der Waals surface area contributed by atoms with Crippen molar-refractivity contribution in [3.05, 3.63) is 0 Å². The summed E-state index contributed by atoms with van der Waals surface area (Å²) >= 11 is 0. The van der Waals surface area contributed by atoms with Crippen molar-refractivity contribution in [3.63, 3.8) is 0 Å². The summed E-state index contributed by atoms with van der Waals surface area (Å²) in [6, 6.07) is 0. The maximum atomic E-state index is 11.6. The summed E-state index contributed by atoms with van der Waals surface area (Å²) in [6.45, 7) is 1.90. The Labute approximate surface area is 137 Å². The highest BCUT2D eigenvalue weighted by Gasteiger charge is 2.43. The number of carbonyl (C=O) groups is 1. The van der Waals surface area contributed by atoms with Gasteiger partial charge in [-0.15, -0.1) is 0 Å². The van der Waals surface area contributed by atoms with E-state index in [1.807, 2.05) is 0 Å². The van der Waals surface area contributed by atoms with Gasteiger partial charge in [-0.05, 0) is 6.42 Å². The van der Waals surface area contributed by atoms with Gasteiger partial charge in [0.25, 0.3) is 0 Å². The number of ether oxygens (including phenoxy) is 2. The van der Waals surface area contributed by atoms with Crippen LogP contribution in [-0.4, -0.2) is 63.7 Å². The molecular weight excluding hydrogens is 304 g/mol. The highest BCUT2D eigenvalue weighted by atomic mass is 16.6. The second-order valence-corrected chi connectivity index (χ2v) is 6.09. The topological polar surface area (TPSA) is 116 Å². The summed E-state index contributed by atoms with van der Waals surface area (Å²) in [6.07, 6.45) is 0.806. The highest BCUT2D eigenvalue weighted by Crippen LogP contribution is 2.20. The number of hydrogen-bond acceptors (Lipinski definition) is 7. The van der Waals surface area contributed by atoms with Crippen molar-refractivity contribution in [3.8, 4) is 0 Å². The van der Waals surface area contributed by atoms with E-state index in [9.17, 15) is 25.2 Å². The smallest absolute Gasteiger partial charge is 0.305 e. The second-order valence-electron chi connectivity index (χ2n) is 6.09. The molecule has 1 rings (SSSR count). The third-order valence-electron chi connectivity index (χ3n) is 4.08. The number of aliphatic hydroxyl groups excluding tert-OH is 4. The first-order chi connectivity index (χ1) is 11.0. The molecule has 0 saturated carbocycles. The van der Waals surface area contributed by atoms with E-state index in [4.69, 9.17) is 9.47 Å². The van der Waals surface area contributed by atoms with Gasteiger partial charge in [-0.25, -0.2) is 0 Å². The molecule has 0 aliphatic carbocycles. The fourth-order valence-electron chi connectivity index (χ4n) is 2.54. The van der Waals surface area contributed by atoms with E-state index in [0.29, 0.717) is 6.42 Å². The number of aliphatic hydroxyl groups is 4. The van der Waals surface area contributed by atoms with Crippen LogP contribution in [-0.2, 0) is 14.3 Å². The Balaban J connectivity index is 2.13. The zero-order valence-corrected chi connectivity index (χ0v) is 13.8. The van der Waals surface area contributed by atoms with Crippen molar-refractivity contribution in [2.24, 2.45) is 0 Å². The van der Waals surface area contributed by atoms with E-state index < -0.39 is 36.7 Å². The van der Waals surface area contributed by atoms with Crippen LogP contribution in [0.5, 0.6) is 0 Å². The van der Waals surface area contributed by atoms with Crippen molar-refractivity contribution in [1.82, 2.24) is 0 Å². The average molecular weight is 334 g/mol. The molecule has 23 heavy (non-hydrogen) atoms.